The Morgan fingerprint density at radius 2 is 1.86 bits per heavy atom. The second kappa shape index (κ2) is 5.55. The van der Waals surface area contributed by atoms with Gasteiger partial charge in [-0.3, -0.25) is 0 Å². The normalized spacial score (nSPS) is 23.2. The van der Waals surface area contributed by atoms with Gasteiger partial charge in [0.15, 0.2) is 0 Å². The van der Waals surface area contributed by atoms with E-state index >= 15 is 0 Å². The molecule has 0 saturated carbocycles. The van der Waals surface area contributed by atoms with Crippen LogP contribution < -0.4 is 4.90 Å². The smallest absolute Gasteiger partial charge is 0.416 e. The highest BCUT2D eigenvalue weighted by molar-refractivity contribution is 5.94. The molecule has 0 aromatic heterocycles. The van der Waals surface area contributed by atoms with Crippen molar-refractivity contribution < 1.29 is 27.8 Å². The van der Waals surface area contributed by atoms with Gasteiger partial charge in [-0.1, -0.05) is 0 Å². The molecule has 0 bridgehead atoms. The second-order valence-electron chi connectivity index (χ2n) is 5.20. The summed E-state index contributed by atoms with van der Waals surface area (Å²) < 4.78 is 43.7. The van der Waals surface area contributed by atoms with Crippen molar-refractivity contribution in [3.8, 4) is 0 Å². The summed E-state index contributed by atoms with van der Waals surface area (Å²) in [6.45, 7) is 4.56. The molecule has 1 heterocycles. The number of ether oxygens (including phenoxy) is 1. The Labute approximate surface area is 120 Å². The van der Waals surface area contributed by atoms with E-state index in [4.69, 9.17) is 4.74 Å². The summed E-state index contributed by atoms with van der Waals surface area (Å²) in [5, 5.41) is 9.19. The third kappa shape index (κ3) is 3.47. The SMILES string of the molecule is C[C@@H]1CN(c2ccc(C(F)(F)F)cc2C(=O)O)C[C@H](C)O1. The lowest BCUT2D eigenvalue weighted by molar-refractivity contribution is -0.137. The van der Waals surface area contributed by atoms with Crippen LogP contribution in [0.1, 0.15) is 29.8 Å². The van der Waals surface area contributed by atoms with Crippen molar-refractivity contribution in [2.45, 2.75) is 32.2 Å². The molecule has 2 atom stereocenters. The number of halogens is 3. The van der Waals surface area contributed by atoms with Gasteiger partial charge in [0.25, 0.3) is 0 Å². The maximum atomic E-state index is 12.7. The third-order valence-electron chi connectivity index (χ3n) is 3.31. The Morgan fingerprint density at radius 1 is 1.29 bits per heavy atom. The van der Waals surface area contributed by atoms with Gasteiger partial charge in [0.1, 0.15) is 0 Å². The van der Waals surface area contributed by atoms with E-state index in [1.165, 1.54) is 6.07 Å². The van der Waals surface area contributed by atoms with E-state index in [2.05, 4.69) is 0 Å². The van der Waals surface area contributed by atoms with Crippen LogP contribution in [0.4, 0.5) is 18.9 Å². The zero-order chi connectivity index (χ0) is 15.8. The van der Waals surface area contributed by atoms with E-state index < -0.39 is 17.7 Å². The molecule has 4 nitrogen and oxygen atoms in total. The van der Waals surface area contributed by atoms with E-state index in [9.17, 15) is 23.1 Å². The summed E-state index contributed by atoms with van der Waals surface area (Å²) in [5.74, 6) is -1.37. The first-order valence-corrected chi connectivity index (χ1v) is 6.53. The summed E-state index contributed by atoms with van der Waals surface area (Å²) in [6, 6.07) is 2.81. The van der Waals surface area contributed by atoms with Gasteiger partial charge in [-0.25, -0.2) is 4.79 Å². The minimum atomic E-state index is -4.56. The molecule has 1 saturated heterocycles. The van der Waals surface area contributed by atoms with Crippen LogP contribution in [0.3, 0.4) is 0 Å². The summed E-state index contributed by atoms with van der Waals surface area (Å²) in [6.07, 6.45) is -4.79. The number of aromatic carboxylic acids is 1. The first-order valence-electron chi connectivity index (χ1n) is 6.53. The van der Waals surface area contributed by atoms with Crippen molar-refractivity contribution in [2.75, 3.05) is 18.0 Å². The zero-order valence-corrected chi connectivity index (χ0v) is 11.6. The first kappa shape index (κ1) is 15.6. The van der Waals surface area contributed by atoms with Gasteiger partial charge in [0.05, 0.1) is 29.0 Å². The molecule has 1 aliphatic rings. The Balaban J connectivity index is 2.41. The number of nitrogens with zero attached hydrogens (tertiary/aromatic N) is 1. The predicted molar refractivity (Wildman–Crippen MR) is 70.6 cm³/mol. The zero-order valence-electron chi connectivity index (χ0n) is 11.6. The van der Waals surface area contributed by atoms with Crippen LogP contribution >= 0.6 is 0 Å². The minimum absolute atomic E-state index is 0.113. The van der Waals surface area contributed by atoms with Gasteiger partial charge in [0.2, 0.25) is 0 Å². The quantitative estimate of drug-likeness (QED) is 0.912. The lowest BCUT2D eigenvalue weighted by atomic mass is 10.1. The van der Waals surface area contributed by atoms with Gasteiger partial charge in [-0.2, -0.15) is 13.2 Å². The highest BCUT2D eigenvalue weighted by Gasteiger charge is 2.33. The van der Waals surface area contributed by atoms with Crippen LogP contribution in [-0.4, -0.2) is 36.4 Å². The van der Waals surface area contributed by atoms with Gasteiger partial charge >= 0.3 is 12.1 Å². The number of carbonyl (C=O) groups is 1. The van der Waals surface area contributed by atoms with Crippen LogP contribution in [0.2, 0.25) is 0 Å². The average molecular weight is 303 g/mol. The molecule has 1 aromatic rings. The van der Waals surface area contributed by atoms with Crippen LogP contribution in [0.25, 0.3) is 0 Å². The number of hydrogen-bond donors (Lipinski definition) is 1. The fraction of sp³-hybridized carbons (Fsp3) is 0.500. The molecular weight excluding hydrogens is 287 g/mol. The molecule has 1 fully saturated rings. The van der Waals surface area contributed by atoms with E-state index in [-0.39, 0.29) is 23.5 Å². The maximum absolute atomic E-state index is 12.7. The van der Waals surface area contributed by atoms with E-state index in [1.54, 1.807) is 4.90 Å². The molecular formula is C14H16F3NO3. The number of hydrogen-bond acceptors (Lipinski definition) is 3. The molecule has 21 heavy (non-hydrogen) atoms. The number of carboxylic acids is 1. The molecule has 1 aliphatic heterocycles. The number of anilines is 1. The molecule has 0 unspecified atom stereocenters. The summed E-state index contributed by atoms with van der Waals surface area (Å²) in [4.78, 5) is 13.0. The van der Waals surface area contributed by atoms with Crippen molar-refractivity contribution in [3.05, 3.63) is 29.3 Å². The third-order valence-corrected chi connectivity index (χ3v) is 3.31. The molecule has 0 aliphatic carbocycles. The Bertz CT molecular complexity index is 535. The van der Waals surface area contributed by atoms with Gasteiger partial charge in [0, 0.05) is 13.1 Å². The fourth-order valence-corrected chi connectivity index (χ4v) is 2.53. The topological polar surface area (TPSA) is 49.8 Å². The Hall–Kier alpha value is -1.76. The molecule has 1 N–H and O–H groups in total. The predicted octanol–water partition coefficient (Wildman–Crippen LogP) is 3.02. The van der Waals surface area contributed by atoms with Crippen molar-refractivity contribution in [3.63, 3.8) is 0 Å². The van der Waals surface area contributed by atoms with Crippen molar-refractivity contribution in [2.24, 2.45) is 0 Å². The number of rotatable bonds is 2. The summed E-state index contributed by atoms with van der Waals surface area (Å²) >= 11 is 0. The molecule has 7 heteroatoms. The van der Waals surface area contributed by atoms with Crippen molar-refractivity contribution in [1.29, 1.82) is 0 Å². The first-order chi connectivity index (χ1) is 9.68. The maximum Gasteiger partial charge on any atom is 0.416 e. The number of morpholine rings is 1. The Morgan fingerprint density at radius 3 is 2.33 bits per heavy atom. The number of carboxylic acid groups (broad SMARTS) is 1. The van der Waals surface area contributed by atoms with Crippen molar-refractivity contribution in [1.82, 2.24) is 0 Å². The summed E-state index contributed by atoms with van der Waals surface area (Å²) in [7, 11) is 0. The monoisotopic (exact) mass is 303 g/mol. The van der Waals surface area contributed by atoms with Gasteiger partial charge < -0.3 is 14.7 Å². The number of alkyl halides is 3. The van der Waals surface area contributed by atoms with Crippen LogP contribution in [0, 0.1) is 0 Å². The lowest BCUT2D eigenvalue weighted by Gasteiger charge is -2.37. The van der Waals surface area contributed by atoms with E-state index in [1.807, 2.05) is 13.8 Å². The van der Waals surface area contributed by atoms with E-state index in [0.717, 1.165) is 6.07 Å². The van der Waals surface area contributed by atoms with Gasteiger partial charge in [-0.15, -0.1) is 0 Å². The average Bonchev–Trinajstić information content (AvgIpc) is 2.35. The van der Waals surface area contributed by atoms with Crippen LogP contribution in [0.5, 0.6) is 0 Å². The number of benzene rings is 1. The van der Waals surface area contributed by atoms with E-state index in [0.29, 0.717) is 19.2 Å². The molecule has 0 amide bonds. The standard InChI is InChI=1S/C14H16F3NO3/c1-8-6-18(7-9(2)21-8)12-4-3-10(14(15,16)17)5-11(12)13(19)20/h3-5,8-9H,6-7H2,1-2H3,(H,19,20)/t8-,9+. The largest absolute Gasteiger partial charge is 0.478 e. The highest BCUT2D eigenvalue weighted by Crippen LogP contribution is 2.33. The van der Waals surface area contributed by atoms with Gasteiger partial charge in [-0.05, 0) is 32.0 Å². The fourth-order valence-electron chi connectivity index (χ4n) is 2.53. The highest BCUT2D eigenvalue weighted by atomic mass is 19.4. The molecule has 2 rings (SSSR count). The molecule has 0 spiro atoms. The van der Waals surface area contributed by atoms with Crippen LogP contribution in [0.15, 0.2) is 18.2 Å². The molecule has 0 radical (unpaired) electrons. The Kier molecular flexibility index (Phi) is 4.13. The summed E-state index contributed by atoms with van der Waals surface area (Å²) in [5.41, 5.74) is -1.01. The second-order valence-corrected chi connectivity index (χ2v) is 5.20. The minimum Gasteiger partial charge on any atom is -0.478 e. The van der Waals surface area contributed by atoms with Crippen molar-refractivity contribution >= 4 is 11.7 Å². The molecule has 1 aromatic carbocycles. The van der Waals surface area contributed by atoms with Crippen LogP contribution in [-0.2, 0) is 10.9 Å². The lowest BCUT2D eigenvalue weighted by Crippen LogP contribution is -2.46. The molecule has 116 valence electrons.